The maximum absolute atomic E-state index is 12.7. The Labute approximate surface area is 128 Å². The van der Waals surface area contributed by atoms with E-state index in [0.717, 1.165) is 30.6 Å². The lowest BCUT2D eigenvalue weighted by molar-refractivity contribution is -0.131. The lowest BCUT2D eigenvalue weighted by Crippen LogP contribution is -2.46. The predicted octanol–water partition coefficient (Wildman–Crippen LogP) is 3.03. The minimum atomic E-state index is -0.477. The summed E-state index contributed by atoms with van der Waals surface area (Å²) in [6.45, 7) is 6.45. The minimum Gasteiger partial charge on any atom is -0.496 e. The Hall–Kier alpha value is -1.55. The van der Waals surface area contributed by atoms with Crippen LogP contribution in [0.1, 0.15) is 51.6 Å². The monoisotopic (exact) mass is 292 g/mol. The van der Waals surface area contributed by atoms with Gasteiger partial charge in [0.25, 0.3) is 0 Å². The summed E-state index contributed by atoms with van der Waals surface area (Å²) in [6, 6.07) is 7.74. The first-order chi connectivity index (χ1) is 10.1. The second kappa shape index (κ2) is 8.03. The second-order valence-corrected chi connectivity index (χ2v) is 5.37. The van der Waals surface area contributed by atoms with Crippen molar-refractivity contribution in [3.63, 3.8) is 0 Å². The average molecular weight is 292 g/mol. The van der Waals surface area contributed by atoms with Gasteiger partial charge in [-0.3, -0.25) is 4.79 Å². The molecule has 0 spiro atoms. The van der Waals surface area contributed by atoms with Crippen LogP contribution in [0.5, 0.6) is 5.75 Å². The van der Waals surface area contributed by atoms with E-state index in [9.17, 15) is 4.79 Å². The van der Waals surface area contributed by atoms with Gasteiger partial charge in [-0.15, -0.1) is 0 Å². The van der Waals surface area contributed by atoms with Gasteiger partial charge < -0.3 is 15.8 Å². The van der Waals surface area contributed by atoms with E-state index in [1.807, 2.05) is 38.1 Å². The van der Waals surface area contributed by atoms with E-state index in [0.29, 0.717) is 6.54 Å². The van der Waals surface area contributed by atoms with E-state index < -0.39 is 5.41 Å². The normalized spacial score (nSPS) is 12.8. The molecule has 1 rings (SSSR count). The van der Waals surface area contributed by atoms with Gasteiger partial charge in [0.1, 0.15) is 5.75 Å². The van der Waals surface area contributed by atoms with Gasteiger partial charge in [-0.05, 0) is 25.3 Å². The zero-order valence-corrected chi connectivity index (χ0v) is 13.6. The third-order valence-corrected chi connectivity index (χ3v) is 4.45. The van der Waals surface area contributed by atoms with Gasteiger partial charge in [-0.2, -0.15) is 0 Å². The van der Waals surface area contributed by atoms with Crippen LogP contribution in [0.4, 0.5) is 0 Å². The molecule has 3 N–H and O–H groups in total. The Morgan fingerprint density at radius 3 is 2.38 bits per heavy atom. The average Bonchev–Trinajstić information content (AvgIpc) is 2.54. The van der Waals surface area contributed by atoms with E-state index in [4.69, 9.17) is 10.5 Å². The number of carbonyl (C=O) groups is 1. The van der Waals surface area contributed by atoms with Crippen molar-refractivity contribution in [2.24, 2.45) is 11.1 Å². The molecule has 0 heterocycles. The molecule has 1 unspecified atom stereocenters. The Balaban J connectivity index is 2.99. The quantitative estimate of drug-likeness (QED) is 0.774. The van der Waals surface area contributed by atoms with Crippen LogP contribution < -0.4 is 15.8 Å². The molecule has 0 aliphatic rings. The fraction of sp³-hybridized carbons (Fsp3) is 0.588. The third kappa shape index (κ3) is 3.76. The molecule has 4 nitrogen and oxygen atoms in total. The summed E-state index contributed by atoms with van der Waals surface area (Å²) >= 11 is 0. The first kappa shape index (κ1) is 17.5. The van der Waals surface area contributed by atoms with Crippen molar-refractivity contribution in [1.29, 1.82) is 0 Å². The minimum absolute atomic E-state index is 0.0350. The molecule has 1 aromatic rings. The summed E-state index contributed by atoms with van der Waals surface area (Å²) in [5, 5.41) is 3.15. The largest absolute Gasteiger partial charge is 0.496 e. The van der Waals surface area contributed by atoms with Gasteiger partial charge in [0, 0.05) is 12.1 Å². The molecule has 0 aliphatic carbocycles. The van der Waals surface area contributed by atoms with Gasteiger partial charge in [0.2, 0.25) is 5.91 Å². The standard InChI is InChI=1S/C17H28N2O2/c1-5-14(13-10-8-9-11-15(13)21-4)19-16(20)17(6-2,7-3)12-18/h8-11,14H,5-7,12,18H2,1-4H3,(H,19,20). The van der Waals surface area contributed by atoms with E-state index in [1.54, 1.807) is 7.11 Å². The summed E-state index contributed by atoms with van der Waals surface area (Å²) in [6.07, 6.45) is 2.29. The van der Waals surface area contributed by atoms with Crippen molar-refractivity contribution in [3.05, 3.63) is 29.8 Å². The first-order valence-corrected chi connectivity index (χ1v) is 7.72. The molecule has 4 heteroatoms. The molecule has 0 aromatic heterocycles. The maximum Gasteiger partial charge on any atom is 0.227 e. The second-order valence-electron chi connectivity index (χ2n) is 5.37. The molecule has 0 bridgehead atoms. The molecule has 0 radical (unpaired) electrons. The molecule has 0 saturated carbocycles. The predicted molar refractivity (Wildman–Crippen MR) is 86.2 cm³/mol. The number of benzene rings is 1. The molecule has 0 fully saturated rings. The van der Waals surface area contributed by atoms with Crippen molar-refractivity contribution < 1.29 is 9.53 Å². The molecular weight excluding hydrogens is 264 g/mol. The summed E-state index contributed by atoms with van der Waals surface area (Å²) in [5.74, 6) is 0.837. The third-order valence-electron chi connectivity index (χ3n) is 4.45. The number of nitrogens with one attached hydrogen (secondary N) is 1. The SMILES string of the molecule is CCC(NC(=O)C(CC)(CC)CN)c1ccccc1OC. The number of hydrogen-bond donors (Lipinski definition) is 2. The Bertz CT molecular complexity index is 448. The van der Waals surface area contributed by atoms with Crippen molar-refractivity contribution in [3.8, 4) is 5.75 Å². The van der Waals surface area contributed by atoms with Crippen LogP contribution in [0.3, 0.4) is 0 Å². The highest BCUT2D eigenvalue weighted by Crippen LogP contribution is 2.30. The highest BCUT2D eigenvalue weighted by atomic mass is 16.5. The highest BCUT2D eigenvalue weighted by Gasteiger charge is 2.34. The van der Waals surface area contributed by atoms with Gasteiger partial charge >= 0.3 is 0 Å². The topological polar surface area (TPSA) is 64.4 Å². The lowest BCUT2D eigenvalue weighted by Gasteiger charge is -2.31. The molecule has 1 aromatic carbocycles. The maximum atomic E-state index is 12.7. The number of para-hydroxylation sites is 1. The molecule has 118 valence electrons. The summed E-state index contributed by atoms with van der Waals surface area (Å²) in [4.78, 5) is 12.7. The van der Waals surface area contributed by atoms with Gasteiger partial charge in [0.05, 0.1) is 18.6 Å². The van der Waals surface area contributed by atoms with E-state index in [-0.39, 0.29) is 11.9 Å². The van der Waals surface area contributed by atoms with Crippen LogP contribution in [0.15, 0.2) is 24.3 Å². The number of amides is 1. The zero-order valence-electron chi connectivity index (χ0n) is 13.6. The van der Waals surface area contributed by atoms with Crippen molar-refractivity contribution >= 4 is 5.91 Å². The number of nitrogens with two attached hydrogens (primary N) is 1. The van der Waals surface area contributed by atoms with Crippen molar-refractivity contribution in [2.75, 3.05) is 13.7 Å². The summed E-state index contributed by atoms with van der Waals surface area (Å²) in [5.41, 5.74) is 6.39. The Morgan fingerprint density at radius 1 is 1.29 bits per heavy atom. The summed E-state index contributed by atoms with van der Waals surface area (Å²) in [7, 11) is 1.65. The van der Waals surface area contributed by atoms with Gasteiger partial charge in [-0.1, -0.05) is 39.0 Å². The Morgan fingerprint density at radius 2 is 1.90 bits per heavy atom. The molecule has 0 saturated heterocycles. The van der Waals surface area contributed by atoms with Gasteiger partial charge in [0.15, 0.2) is 0 Å². The number of methoxy groups -OCH3 is 1. The van der Waals surface area contributed by atoms with Crippen LogP contribution in [-0.2, 0) is 4.79 Å². The molecule has 1 amide bonds. The fourth-order valence-corrected chi connectivity index (χ4v) is 2.62. The molecular formula is C17H28N2O2. The Kier molecular flexibility index (Phi) is 6.69. The van der Waals surface area contributed by atoms with Gasteiger partial charge in [-0.25, -0.2) is 0 Å². The van der Waals surface area contributed by atoms with Crippen molar-refractivity contribution in [2.45, 2.75) is 46.1 Å². The van der Waals surface area contributed by atoms with Crippen LogP contribution >= 0.6 is 0 Å². The zero-order chi connectivity index (χ0) is 15.9. The number of carbonyl (C=O) groups excluding carboxylic acids is 1. The lowest BCUT2D eigenvalue weighted by atomic mass is 9.81. The molecule has 21 heavy (non-hydrogen) atoms. The smallest absolute Gasteiger partial charge is 0.227 e. The van der Waals surface area contributed by atoms with E-state index >= 15 is 0 Å². The van der Waals surface area contributed by atoms with Crippen LogP contribution in [0, 0.1) is 5.41 Å². The van der Waals surface area contributed by atoms with Crippen LogP contribution in [0.25, 0.3) is 0 Å². The van der Waals surface area contributed by atoms with Crippen LogP contribution in [0.2, 0.25) is 0 Å². The fourth-order valence-electron chi connectivity index (χ4n) is 2.62. The number of ether oxygens (including phenoxy) is 1. The number of rotatable bonds is 8. The van der Waals surface area contributed by atoms with Crippen molar-refractivity contribution in [1.82, 2.24) is 5.32 Å². The first-order valence-electron chi connectivity index (χ1n) is 7.72. The molecule has 0 aliphatic heterocycles. The summed E-state index contributed by atoms with van der Waals surface area (Å²) < 4.78 is 5.40. The van der Waals surface area contributed by atoms with Crippen LogP contribution in [-0.4, -0.2) is 19.6 Å². The van der Waals surface area contributed by atoms with E-state index in [1.165, 1.54) is 0 Å². The van der Waals surface area contributed by atoms with E-state index in [2.05, 4.69) is 12.2 Å². The number of hydrogen-bond acceptors (Lipinski definition) is 3. The highest BCUT2D eigenvalue weighted by molar-refractivity contribution is 5.83. The molecule has 1 atom stereocenters.